The summed E-state index contributed by atoms with van der Waals surface area (Å²) in [5.41, 5.74) is 13.1. The highest BCUT2D eigenvalue weighted by atomic mass is 14.9. The van der Waals surface area contributed by atoms with Crippen molar-refractivity contribution in [2.45, 2.75) is 52.4 Å². The standard InChI is InChI=1S/2C9H12N4/c2*1-3-6(2)9-7(4-10)12-5-8(11)13-9/h2*5-6H,3H2,1-2H3,(H2,11,13)/t6-;/m1./s1. The van der Waals surface area contributed by atoms with E-state index in [1.807, 2.05) is 39.8 Å². The summed E-state index contributed by atoms with van der Waals surface area (Å²) in [5, 5.41) is 17.5. The minimum Gasteiger partial charge on any atom is -0.382 e. The van der Waals surface area contributed by atoms with E-state index in [-0.39, 0.29) is 11.8 Å². The van der Waals surface area contributed by atoms with Crippen molar-refractivity contribution in [2.75, 3.05) is 11.5 Å². The van der Waals surface area contributed by atoms with Crippen molar-refractivity contribution in [3.63, 3.8) is 0 Å². The van der Waals surface area contributed by atoms with Crippen LogP contribution < -0.4 is 11.5 Å². The van der Waals surface area contributed by atoms with Gasteiger partial charge in [-0.2, -0.15) is 10.5 Å². The van der Waals surface area contributed by atoms with Crippen molar-refractivity contribution in [1.29, 1.82) is 10.5 Å². The monoisotopic (exact) mass is 352 g/mol. The average Bonchev–Trinajstić information content (AvgIpc) is 2.67. The minimum absolute atomic E-state index is 0.227. The zero-order chi connectivity index (χ0) is 19.7. The van der Waals surface area contributed by atoms with Crippen LogP contribution in [0.3, 0.4) is 0 Å². The summed E-state index contributed by atoms with van der Waals surface area (Å²) < 4.78 is 0. The largest absolute Gasteiger partial charge is 0.382 e. The summed E-state index contributed by atoms with van der Waals surface area (Å²) in [5.74, 6) is 1.19. The number of nitrogens with two attached hydrogens (primary N) is 2. The van der Waals surface area contributed by atoms with E-state index in [1.54, 1.807) is 0 Å². The third kappa shape index (κ3) is 5.38. The van der Waals surface area contributed by atoms with E-state index in [1.165, 1.54) is 12.4 Å². The number of hydrogen-bond acceptors (Lipinski definition) is 8. The van der Waals surface area contributed by atoms with Gasteiger partial charge < -0.3 is 11.5 Å². The van der Waals surface area contributed by atoms with Gasteiger partial charge in [0.2, 0.25) is 0 Å². The molecule has 0 aliphatic heterocycles. The van der Waals surface area contributed by atoms with Crippen LogP contribution in [-0.2, 0) is 0 Å². The van der Waals surface area contributed by atoms with Crippen LogP contribution in [0, 0.1) is 22.7 Å². The second-order valence-corrected chi connectivity index (χ2v) is 5.90. The van der Waals surface area contributed by atoms with Crippen LogP contribution in [0.5, 0.6) is 0 Å². The highest BCUT2D eigenvalue weighted by Crippen LogP contribution is 2.20. The van der Waals surface area contributed by atoms with Gasteiger partial charge in [0.15, 0.2) is 11.4 Å². The van der Waals surface area contributed by atoms with Crippen molar-refractivity contribution in [3.8, 4) is 12.1 Å². The third-order valence-corrected chi connectivity index (χ3v) is 4.01. The predicted molar refractivity (Wildman–Crippen MR) is 99.7 cm³/mol. The Kier molecular flexibility index (Phi) is 7.91. The van der Waals surface area contributed by atoms with Crippen LogP contribution in [0.2, 0.25) is 0 Å². The van der Waals surface area contributed by atoms with Gasteiger partial charge in [0, 0.05) is 11.8 Å². The fraction of sp³-hybridized carbons (Fsp3) is 0.444. The summed E-state index contributed by atoms with van der Waals surface area (Å²) in [6.45, 7) is 8.09. The topological polar surface area (TPSA) is 151 Å². The Balaban J connectivity index is 0.000000260. The molecule has 0 aliphatic rings. The Labute approximate surface area is 153 Å². The normalized spacial score (nSPS) is 12.1. The molecule has 4 N–H and O–H groups in total. The quantitative estimate of drug-likeness (QED) is 0.852. The molecule has 1 unspecified atom stereocenters. The third-order valence-electron chi connectivity index (χ3n) is 4.01. The van der Waals surface area contributed by atoms with Crippen LogP contribution in [0.4, 0.5) is 11.6 Å². The molecular formula is C18H24N8. The molecule has 2 aromatic heterocycles. The molecule has 0 aromatic carbocycles. The predicted octanol–water partition coefficient (Wildman–Crippen LogP) is 2.89. The Morgan fingerprint density at radius 1 is 0.846 bits per heavy atom. The summed E-state index contributed by atoms with van der Waals surface area (Å²) in [4.78, 5) is 16.0. The lowest BCUT2D eigenvalue weighted by Crippen LogP contribution is -2.04. The molecule has 0 spiro atoms. The maximum Gasteiger partial charge on any atom is 0.162 e. The van der Waals surface area contributed by atoms with Gasteiger partial charge in [0.1, 0.15) is 23.8 Å². The number of nitriles is 2. The number of rotatable bonds is 4. The van der Waals surface area contributed by atoms with E-state index in [2.05, 4.69) is 19.9 Å². The molecule has 2 aromatic rings. The lowest BCUT2D eigenvalue weighted by Gasteiger charge is -2.08. The van der Waals surface area contributed by atoms with E-state index in [4.69, 9.17) is 22.0 Å². The van der Waals surface area contributed by atoms with Crippen LogP contribution in [0.1, 0.15) is 75.1 Å². The van der Waals surface area contributed by atoms with Gasteiger partial charge in [0.25, 0.3) is 0 Å². The lowest BCUT2D eigenvalue weighted by atomic mass is 10.0. The van der Waals surface area contributed by atoms with Gasteiger partial charge >= 0.3 is 0 Å². The molecule has 136 valence electrons. The first-order chi connectivity index (χ1) is 12.4. The maximum absolute atomic E-state index is 8.76. The zero-order valence-electron chi connectivity index (χ0n) is 15.6. The van der Waals surface area contributed by atoms with Crippen LogP contribution >= 0.6 is 0 Å². The van der Waals surface area contributed by atoms with E-state index < -0.39 is 0 Å². The highest BCUT2D eigenvalue weighted by Gasteiger charge is 2.12. The average molecular weight is 352 g/mol. The molecule has 8 nitrogen and oxygen atoms in total. The Bertz CT molecular complexity index is 749. The second-order valence-electron chi connectivity index (χ2n) is 5.90. The molecule has 0 radical (unpaired) electrons. The van der Waals surface area contributed by atoms with Crippen molar-refractivity contribution in [2.24, 2.45) is 0 Å². The molecule has 0 fully saturated rings. The number of nitrogen functional groups attached to an aromatic ring is 2. The first kappa shape index (κ1) is 20.8. The fourth-order valence-electron chi connectivity index (χ4n) is 2.08. The Hall–Kier alpha value is -3.26. The molecule has 2 atom stereocenters. The van der Waals surface area contributed by atoms with Crippen molar-refractivity contribution >= 4 is 11.6 Å². The molecule has 0 saturated carbocycles. The minimum atomic E-state index is 0.227. The molecule has 0 bridgehead atoms. The van der Waals surface area contributed by atoms with Crippen molar-refractivity contribution in [1.82, 2.24) is 19.9 Å². The van der Waals surface area contributed by atoms with Gasteiger partial charge in [0.05, 0.1) is 23.8 Å². The first-order valence-corrected chi connectivity index (χ1v) is 8.42. The van der Waals surface area contributed by atoms with E-state index in [9.17, 15) is 0 Å². The lowest BCUT2D eigenvalue weighted by molar-refractivity contribution is 0.701. The first-order valence-electron chi connectivity index (χ1n) is 8.42. The molecule has 2 rings (SSSR count). The summed E-state index contributed by atoms with van der Waals surface area (Å²) in [6.07, 6.45) is 4.66. The molecule has 0 saturated heterocycles. The van der Waals surface area contributed by atoms with Crippen LogP contribution in [0.15, 0.2) is 12.4 Å². The smallest absolute Gasteiger partial charge is 0.162 e. The summed E-state index contributed by atoms with van der Waals surface area (Å²) in [7, 11) is 0. The Morgan fingerprint density at radius 3 is 1.46 bits per heavy atom. The van der Waals surface area contributed by atoms with E-state index in [0.717, 1.165) is 12.8 Å². The van der Waals surface area contributed by atoms with Crippen molar-refractivity contribution in [3.05, 3.63) is 35.2 Å². The number of anilines is 2. The maximum atomic E-state index is 8.76. The van der Waals surface area contributed by atoms with Gasteiger partial charge in [-0.1, -0.05) is 27.7 Å². The molecule has 26 heavy (non-hydrogen) atoms. The van der Waals surface area contributed by atoms with Crippen LogP contribution in [-0.4, -0.2) is 19.9 Å². The Morgan fingerprint density at radius 2 is 1.19 bits per heavy atom. The molecule has 8 heteroatoms. The summed E-state index contributed by atoms with van der Waals surface area (Å²) >= 11 is 0. The number of hydrogen-bond donors (Lipinski definition) is 2. The number of nitrogens with zero attached hydrogens (tertiary/aromatic N) is 6. The van der Waals surface area contributed by atoms with Gasteiger partial charge in [-0.3, -0.25) is 0 Å². The second kappa shape index (κ2) is 9.90. The van der Waals surface area contributed by atoms with Crippen molar-refractivity contribution < 1.29 is 0 Å². The summed E-state index contributed by atoms with van der Waals surface area (Å²) in [6, 6.07) is 4.02. The SMILES string of the molecule is CCC(C)c1nc(N)cnc1C#N.CC[C@@H](C)c1nc(N)cnc1C#N. The van der Waals surface area contributed by atoms with Gasteiger partial charge in [-0.15, -0.1) is 0 Å². The van der Waals surface area contributed by atoms with E-state index >= 15 is 0 Å². The van der Waals surface area contributed by atoms with Gasteiger partial charge in [-0.05, 0) is 12.8 Å². The fourth-order valence-corrected chi connectivity index (χ4v) is 2.08. The number of aromatic nitrogens is 4. The molecular weight excluding hydrogens is 328 g/mol. The molecule has 2 heterocycles. The van der Waals surface area contributed by atoms with Crippen LogP contribution in [0.25, 0.3) is 0 Å². The van der Waals surface area contributed by atoms with Gasteiger partial charge in [-0.25, -0.2) is 19.9 Å². The molecule has 0 aliphatic carbocycles. The zero-order valence-corrected chi connectivity index (χ0v) is 15.6. The van der Waals surface area contributed by atoms with E-state index in [0.29, 0.717) is 34.4 Å². The molecule has 0 amide bonds. The highest BCUT2D eigenvalue weighted by molar-refractivity contribution is 5.35.